The monoisotopic (exact) mass is 447 g/mol. The highest BCUT2D eigenvalue weighted by molar-refractivity contribution is 8.00. The molecule has 10 heteroatoms. The number of hydrogen-bond acceptors (Lipinski definition) is 7. The molecule has 0 aliphatic carbocycles. The highest BCUT2D eigenvalue weighted by Crippen LogP contribution is 2.30. The molecule has 7 nitrogen and oxygen atoms in total. The summed E-state index contributed by atoms with van der Waals surface area (Å²) < 4.78 is 1.69. The van der Waals surface area contributed by atoms with Crippen molar-refractivity contribution in [1.29, 1.82) is 0 Å². The van der Waals surface area contributed by atoms with Crippen LogP contribution < -0.4 is 0 Å². The van der Waals surface area contributed by atoms with Gasteiger partial charge in [0.05, 0.1) is 11.8 Å². The fraction of sp³-hybridized carbons (Fsp3) is 0.316. The molecule has 1 fully saturated rings. The first-order chi connectivity index (χ1) is 14.1. The zero-order chi connectivity index (χ0) is 20.2. The van der Waals surface area contributed by atoms with E-state index in [-0.39, 0.29) is 11.8 Å². The van der Waals surface area contributed by atoms with E-state index in [1.807, 2.05) is 17.5 Å². The van der Waals surface area contributed by atoms with Crippen molar-refractivity contribution in [2.24, 2.45) is 0 Å². The number of tetrazole rings is 1. The number of nitrogens with zero attached hydrogens (tertiary/aromatic N) is 5. The molecule has 0 radical (unpaired) electrons. The Hall–Kier alpha value is -2.23. The molecule has 1 saturated heterocycles. The largest absolute Gasteiger partial charge is 0.278 e. The second-order valence-electron chi connectivity index (χ2n) is 6.60. The van der Waals surface area contributed by atoms with Gasteiger partial charge in [-0.1, -0.05) is 35.9 Å². The Morgan fingerprint density at radius 1 is 1.24 bits per heavy atom. The smallest absolute Gasteiger partial charge is 0.260 e. The van der Waals surface area contributed by atoms with Gasteiger partial charge in [0.25, 0.3) is 5.91 Å². The van der Waals surface area contributed by atoms with E-state index < -0.39 is 5.25 Å². The maximum atomic E-state index is 13.2. The zero-order valence-corrected chi connectivity index (χ0v) is 17.8. The van der Waals surface area contributed by atoms with E-state index in [1.54, 1.807) is 40.3 Å². The molecule has 0 N–H and O–H groups in total. The molecule has 1 aliphatic heterocycles. The van der Waals surface area contributed by atoms with Crippen LogP contribution in [0.1, 0.15) is 34.5 Å². The van der Waals surface area contributed by atoms with Crippen molar-refractivity contribution < 1.29 is 9.59 Å². The number of carbonyl (C=O) groups is 2. The minimum atomic E-state index is -0.401. The van der Waals surface area contributed by atoms with E-state index in [4.69, 9.17) is 11.6 Å². The number of imide groups is 1. The Labute approximate surface area is 181 Å². The Morgan fingerprint density at radius 2 is 2.07 bits per heavy atom. The van der Waals surface area contributed by atoms with Gasteiger partial charge in [0.2, 0.25) is 11.1 Å². The summed E-state index contributed by atoms with van der Waals surface area (Å²) in [7, 11) is 0. The lowest BCUT2D eigenvalue weighted by atomic mass is 10.2. The first-order valence-electron chi connectivity index (χ1n) is 9.18. The van der Waals surface area contributed by atoms with Gasteiger partial charge in [0, 0.05) is 22.0 Å². The van der Waals surface area contributed by atoms with Crippen molar-refractivity contribution in [2.45, 2.75) is 36.2 Å². The minimum absolute atomic E-state index is 0.196. The molecular weight excluding hydrogens is 430 g/mol. The topological polar surface area (TPSA) is 81.0 Å². The number of hydrogen-bond donors (Lipinski definition) is 0. The zero-order valence-electron chi connectivity index (χ0n) is 15.4. The van der Waals surface area contributed by atoms with Gasteiger partial charge >= 0.3 is 0 Å². The van der Waals surface area contributed by atoms with E-state index in [0.717, 1.165) is 17.7 Å². The summed E-state index contributed by atoms with van der Waals surface area (Å²) in [6.45, 7) is 0.971. The summed E-state index contributed by atoms with van der Waals surface area (Å²) in [6, 6.07) is 10.6. The molecule has 0 bridgehead atoms. The van der Waals surface area contributed by atoms with Crippen LogP contribution in [0.3, 0.4) is 0 Å². The van der Waals surface area contributed by atoms with Crippen LogP contribution >= 0.6 is 34.7 Å². The Bertz CT molecular complexity index is 990. The predicted octanol–water partition coefficient (Wildman–Crippen LogP) is 3.75. The highest BCUT2D eigenvalue weighted by Gasteiger charge is 2.33. The van der Waals surface area contributed by atoms with Crippen molar-refractivity contribution >= 4 is 46.5 Å². The Morgan fingerprint density at radius 3 is 2.83 bits per heavy atom. The SMILES string of the molecule is O=C(c1ccc(Cl)cc1)N1CCCCC(Sc2nnnn2Cc2cccs2)C1=O. The van der Waals surface area contributed by atoms with Crippen molar-refractivity contribution in [2.75, 3.05) is 6.54 Å². The lowest BCUT2D eigenvalue weighted by molar-refractivity contribution is -0.127. The molecule has 1 aliphatic rings. The van der Waals surface area contributed by atoms with Crippen LogP contribution in [0.5, 0.6) is 0 Å². The number of benzene rings is 1. The quantitative estimate of drug-likeness (QED) is 0.554. The summed E-state index contributed by atoms with van der Waals surface area (Å²) in [5, 5.41) is 14.6. The van der Waals surface area contributed by atoms with Crippen molar-refractivity contribution in [3.05, 3.63) is 57.2 Å². The number of aromatic nitrogens is 4. The summed E-state index contributed by atoms with van der Waals surface area (Å²) in [4.78, 5) is 28.6. The van der Waals surface area contributed by atoms with E-state index in [2.05, 4.69) is 15.5 Å². The van der Waals surface area contributed by atoms with E-state index in [1.165, 1.54) is 16.7 Å². The third-order valence-electron chi connectivity index (χ3n) is 4.61. The molecule has 150 valence electrons. The fourth-order valence-electron chi connectivity index (χ4n) is 3.12. The normalized spacial score (nSPS) is 17.3. The molecular formula is C19H18ClN5O2S2. The average molecular weight is 448 g/mol. The van der Waals surface area contributed by atoms with Crippen molar-refractivity contribution in [3.63, 3.8) is 0 Å². The number of rotatable bonds is 5. The van der Waals surface area contributed by atoms with Gasteiger partial charge in [0.15, 0.2) is 0 Å². The Balaban J connectivity index is 1.51. The third-order valence-corrected chi connectivity index (χ3v) is 6.95. The highest BCUT2D eigenvalue weighted by atomic mass is 35.5. The minimum Gasteiger partial charge on any atom is -0.278 e. The molecule has 0 saturated carbocycles. The number of halogens is 1. The van der Waals surface area contributed by atoms with Gasteiger partial charge in [-0.05, 0) is 59.0 Å². The fourth-order valence-corrected chi connectivity index (χ4v) is 5.01. The third kappa shape index (κ3) is 4.68. The first-order valence-corrected chi connectivity index (χ1v) is 11.3. The number of thioether (sulfide) groups is 1. The lowest BCUT2D eigenvalue weighted by Crippen LogP contribution is -2.41. The van der Waals surface area contributed by atoms with Gasteiger partial charge < -0.3 is 0 Å². The second kappa shape index (κ2) is 9.06. The van der Waals surface area contributed by atoms with Crippen LogP contribution in [0.25, 0.3) is 0 Å². The molecule has 29 heavy (non-hydrogen) atoms. The average Bonchev–Trinajstić information content (AvgIpc) is 3.35. The summed E-state index contributed by atoms with van der Waals surface area (Å²) >= 11 is 8.86. The van der Waals surface area contributed by atoms with Gasteiger partial charge in [-0.3, -0.25) is 14.5 Å². The van der Waals surface area contributed by atoms with Crippen LogP contribution in [0, 0.1) is 0 Å². The molecule has 3 aromatic rings. The van der Waals surface area contributed by atoms with Crippen LogP contribution in [0.2, 0.25) is 5.02 Å². The first kappa shape index (κ1) is 20.1. The summed E-state index contributed by atoms with van der Waals surface area (Å²) in [6.07, 6.45) is 2.32. The summed E-state index contributed by atoms with van der Waals surface area (Å²) in [5.74, 6) is -0.490. The van der Waals surface area contributed by atoms with Crippen LogP contribution in [0.15, 0.2) is 46.9 Å². The molecule has 2 aromatic heterocycles. The number of amides is 2. The van der Waals surface area contributed by atoms with Gasteiger partial charge in [0.1, 0.15) is 0 Å². The molecule has 4 rings (SSSR count). The molecule has 1 aromatic carbocycles. The number of carbonyl (C=O) groups excluding carboxylic acids is 2. The van der Waals surface area contributed by atoms with Crippen LogP contribution in [-0.4, -0.2) is 48.7 Å². The number of thiophene rings is 1. The number of likely N-dealkylation sites (tertiary alicyclic amines) is 1. The van der Waals surface area contributed by atoms with E-state index >= 15 is 0 Å². The summed E-state index contributed by atoms with van der Waals surface area (Å²) in [5.41, 5.74) is 0.455. The van der Waals surface area contributed by atoms with E-state index in [0.29, 0.717) is 35.3 Å². The van der Waals surface area contributed by atoms with Crippen LogP contribution in [0.4, 0.5) is 0 Å². The lowest BCUT2D eigenvalue weighted by Gasteiger charge is -2.22. The molecule has 1 atom stereocenters. The second-order valence-corrected chi connectivity index (χ2v) is 9.24. The Kier molecular flexibility index (Phi) is 6.27. The molecule has 1 unspecified atom stereocenters. The van der Waals surface area contributed by atoms with E-state index in [9.17, 15) is 9.59 Å². The van der Waals surface area contributed by atoms with Crippen molar-refractivity contribution in [1.82, 2.24) is 25.1 Å². The molecule has 0 spiro atoms. The van der Waals surface area contributed by atoms with Crippen molar-refractivity contribution in [3.8, 4) is 0 Å². The standard InChI is InChI=1S/C19H18ClN5O2S2/c20-14-8-6-13(7-9-14)17(26)24-10-2-1-5-16(18(24)27)29-19-21-22-23-25(19)12-15-4-3-11-28-15/h3-4,6-9,11,16H,1-2,5,10,12H2. The maximum absolute atomic E-state index is 13.2. The van der Waals surface area contributed by atoms with Crippen LogP contribution in [-0.2, 0) is 11.3 Å². The molecule has 2 amide bonds. The predicted molar refractivity (Wildman–Crippen MR) is 112 cm³/mol. The van der Waals surface area contributed by atoms with Gasteiger partial charge in [-0.15, -0.1) is 16.4 Å². The van der Waals surface area contributed by atoms with Gasteiger partial charge in [-0.25, -0.2) is 4.68 Å². The van der Waals surface area contributed by atoms with Gasteiger partial charge in [-0.2, -0.15) is 0 Å². The molecule has 3 heterocycles. The maximum Gasteiger partial charge on any atom is 0.260 e.